The third-order valence-corrected chi connectivity index (χ3v) is 7.31. The van der Waals surface area contributed by atoms with E-state index in [0.29, 0.717) is 6.54 Å². The van der Waals surface area contributed by atoms with Crippen LogP contribution in [-0.2, 0) is 29.0 Å². The third-order valence-electron chi connectivity index (χ3n) is 6.30. The predicted molar refractivity (Wildman–Crippen MR) is 148 cm³/mol. The smallest absolute Gasteiger partial charge is 0.227 e. The summed E-state index contributed by atoms with van der Waals surface area (Å²) in [5.74, 6) is -3.10. The van der Waals surface area contributed by atoms with Crippen molar-refractivity contribution in [1.82, 2.24) is 5.32 Å². The zero-order chi connectivity index (χ0) is 28.5. The molecule has 10 heteroatoms. The van der Waals surface area contributed by atoms with Gasteiger partial charge < -0.3 is 21.1 Å². The quantitative estimate of drug-likeness (QED) is 0.258. The third kappa shape index (κ3) is 8.51. The van der Waals surface area contributed by atoms with E-state index in [9.17, 15) is 28.3 Å². The van der Waals surface area contributed by atoms with Crippen LogP contribution in [0.5, 0.6) is 0 Å². The summed E-state index contributed by atoms with van der Waals surface area (Å²) in [5.41, 5.74) is 7.93. The van der Waals surface area contributed by atoms with Gasteiger partial charge in [-0.15, -0.1) is 11.3 Å². The maximum Gasteiger partial charge on any atom is 0.227 e. The van der Waals surface area contributed by atoms with Crippen molar-refractivity contribution >= 4 is 34.6 Å². The van der Waals surface area contributed by atoms with Crippen LogP contribution in [-0.4, -0.2) is 41.4 Å². The lowest BCUT2D eigenvalue weighted by molar-refractivity contribution is -0.124. The lowest BCUT2D eigenvalue weighted by Crippen LogP contribution is -2.52. The number of nitrogens with zero attached hydrogens (tertiary/aromatic N) is 1. The van der Waals surface area contributed by atoms with Gasteiger partial charge in [-0.1, -0.05) is 31.2 Å². The number of aryl methyl sites for hydroxylation is 1. The van der Waals surface area contributed by atoms with E-state index in [-0.39, 0.29) is 47.7 Å². The van der Waals surface area contributed by atoms with E-state index in [1.54, 1.807) is 11.4 Å². The summed E-state index contributed by atoms with van der Waals surface area (Å²) in [6.07, 6.45) is -0.940. The fourth-order valence-corrected chi connectivity index (χ4v) is 5.22. The number of carbonyl (C=O) groups excluding carboxylic acids is 3. The molecule has 0 saturated heterocycles. The summed E-state index contributed by atoms with van der Waals surface area (Å²) in [5, 5.41) is 16.2. The summed E-state index contributed by atoms with van der Waals surface area (Å²) in [4.78, 5) is 38.8. The average Bonchev–Trinajstić information content (AvgIpc) is 3.36. The predicted octanol–water partition coefficient (Wildman–Crippen LogP) is 4.15. The number of Topliss-reactive ketones (excluding diaryl/α,β-unsaturated/α-hetero) is 1. The Labute approximate surface area is 230 Å². The molecule has 0 aliphatic carbocycles. The molecular formula is C29H33F2N3O4S. The summed E-state index contributed by atoms with van der Waals surface area (Å²) in [6.45, 7) is 3.90. The van der Waals surface area contributed by atoms with Crippen LogP contribution < -0.4 is 16.0 Å². The molecule has 1 aromatic heterocycles. The summed E-state index contributed by atoms with van der Waals surface area (Å²) >= 11 is 1.13. The second-order valence-corrected chi connectivity index (χ2v) is 10.3. The van der Waals surface area contributed by atoms with Gasteiger partial charge in [0, 0.05) is 38.9 Å². The summed E-state index contributed by atoms with van der Waals surface area (Å²) < 4.78 is 28.1. The van der Waals surface area contributed by atoms with Crippen LogP contribution in [0.1, 0.15) is 53.1 Å². The molecule has 1 heterocycles. The minimum atomic E-state index is -1.21. The van der Waals surface area contributed by atoms with E-state index >= 15 is 0 Å². The summed E-state index contributed by atoms with van der Waals surface area (Å²) in [7, 11) is 0. The van der Waals surface area contributed by atoms with Gasteiger partial charge in [0.15, 0.2) is 5.78 Å². The van der Waals surface area contributed by atoms with Crippen molar-refractivity contribution in [1.29, 1.82) is 0 Å². The number of nitrogens with two attached hydrogens (primary N) is 1. The van der Waals surface area contributed by atoms with Crippen molar-refractivity contribution in [2.24, 2.45) is 5.73 Å². The first kappa shape index (κ1) is 30.1. The number of carbonyl (C=O) groups is 3. The van der Waals surface area contributed by atoms with Crippen LogP contribution in [0.3, 0.4) is 0 Å². The molecule has 2 amide bonds. The number of anilines is 1. The van der Waals surface area contributed by atoms with Gasteiger partial charge in [0.2, 0.25) is 11.8 Å². The molecule has 0 bridgehead atoms. The highest BCUT2D eigenvalue weighted by molar-refractivity contribution is 7.12. The number of rotatable bonds is 14. The second-order valence-electron chi connectivity index (χ2n) is 9.34. The maximum atomic E-state index is 14.1. The topological polar surface area (TPSA) is 113 Å². The molecule has 0 spiro atoms. The normalized spacial score (nSPS) is 12.6. The van der Waals surface area contributed by atoms with Crippen LogP contribution >= 0.6 is 11.3 Å². The highest BCUT2D eigenvalue weighted by atomic mass is 32.1. The van der Waals surface area contributed by atoms with Gasteiger partial charge in [-0.3, -0.25) is 14.4 Å². The number of nitrogens with one attached hydrogen (secondary N) is 1. The average molecular weight is 558 g/mol. The van der Waals surface area contributed by atoms with Crippen LogP contribution in [0, 0.1) is 11.6 Å². The number of thiophene rings is 1. The molecule has 0 aliphatic rings. The van der Waals surface area contributed by atoms with Crippen LogP contribution in [0.25, 0.3) is 0 Å². The van der Waals surface area contributed by atoms with Gasteiger partial charge in [-0.2, -0.15) is 0 Å². The number of aliphatic hydroxyl groups excluding tert-OH is 1. The lowest BCUT2D eigenvalue weighted by Gasteiger charge is -2.35. The van der Waals surface area contributed by atoms with Gasteiger partial charge >= 0.3 is 0 Å². The van der Waals surface area contributed by atoms with Crippen molar-refractivity contribution in [3.8, 4) is 0 Å². The summed E-state index contributed by atoms with van der Waals surface area (Å²) in [6, 6.07) is 11.6. The largest absolute Gasteiger partial charge is 0.390 e. The molecule has 0 fully saturated rings. The Morgan fingerprint density at radius 2 is 1.72 bits per heavy atom. The number of benzene rings is 2. The molecular weight excluding hydrogens is 524 g/mol. The number of ketones is 1. The fraction of sp³-hybridized carbons (Fsp3) is 0.345. The zero-order valence-corrected chi connectivity index (χ0v) is 22.8. The second kappa shape index (κ2) is 14.1. The van der Waals surface area contributed by atoms with Gasteiger partial charge in [0.05, 0.1) is 22.7 Å². The molecule has 2 atom stereocenters. The standard InChI is InChI=1S/C29H33F2N3O4S/c1-3-19-5-4-6-20(11-19)16-33-17-26(36)25(14-21-12-22(30)15-23(31)13-21)34(28(38)8-7-27(32)37)24-9-10-39-29(24)18(2)35/h4-6,9-13,15,25-26,33,36H,3,7-8,14,16-17H2,1-2H3,(H2,32,37)/t25-,26-/m0/s1. The van der Waals surface area contributed by atoms with E-state index in [1.807, 2.05) is 18.2 Å². The van der Waals surface area contributed by atoms with E-state index in [2.05, 4.69) is 18.3 Å². The number of amides is 2. The molecule has 0 saturated carbocycles. The van der Waals surface area contributed by atoms with Crippen molar-refractivity contribution < 1.29 is 28.3 Å². The molecule has 39 heavy (non-hydrogen) atoms. The monoisotopic (exact) mass is 557 g/mol. The van der Waals surface area contributed by atoms with Crippen molar-refractivity contribution in [3.63, 3.8) is 0 Å². The fourth-order valence-electron chi connectivity index (χ4n) is 4.43. The Morgan fingerprint density at radius 3 is 2.36 bits per heavy atom. The molecule has 3 rings (SSSR count). The molecule has 7 nitrogen and oxygen atoms in total. The van der Waals surface area contributed by atoms with Crippen LogP contribution in [0.4, 0.5) is 14.5 Å². The van der Waals surface area contributed by atoms with Gasteiger partial charge in [-0.05, 0) is 53.1 Å². The number of aliphatic hydroxyl groups is 1. The molecule has 3 aromatic rings. The van der Waals surface area contributed by atoms with Crippen molar-refractivity contribution in [2.45, 2.75) is 58.2 Å². The Morgan fingerprint density at radius 1 is 1.03 bits per heavy atom. The van der Waals surface area contributed by atoms with Crippen LogP contribution in [0.2, 0.25) is 0 Å². The maximum absolute atomic E-state index is 14.1. The molecule has 0 aliphatic heterocycles. The molecule has 4 N–H and O–H groups in total. The van der Waals surface area contributed by atoms with E-state index in [0.717, 1.165) is 41.5 Å². The zero-order valence-electron chi connectivity index (χ0n) is 22.0. The van der Waals surface area contributed by atoms with Gasteiger partial charge in [0.25, 0.3) is 0 Å². The molecule has 208 valence electrons. The van der Waals surface area contributed by atoms with Gasteiger partial charge in [0.1, 0.15) is 11.6 Å². The van der Waals surface area contributed by atoms with E-state index in [1.165, 1.54) is 17.4 Å². The Kier molecular flexibility index (Phi) is 10.8. The highest BCUT2D eigenvalue weighted by Crippen LogP contribution is 2.31. The number of hydrogen-bond donors (Lipinski definition) is 3. The SMILES string of the molecule is CCc1cccc(CNC[C@H](O)[C@H](Cc2cc(F)cc(F)c2)N(C(=O)CCC(N)=O)c2ccsc2C(C)=O)c1. The molecule has 0 radical (unpaired) electrons. The lowest BCUT2D eigenvalue weighted by atomic mass is 9.97. The number of halogens is 2. The Hall–Kier alpha value is -3.47. The first-order valence-corrected chi connectivity index (χ1v) is 13.6. The van der Waals surface area contributed by atoms with Crippen molar-refractivity contribution in [3.05, 3.63) is 87.1 Å². The minimum absolute atomic E-state index is 0.0396. The van der Waals surface area contributed by atoms with Gasteiger partial charge in [-0.25, -0.2) is 8.78 Å². The first-order chi connectivity index (χ1) is 18.6. The van der Waals surface area contributed by atoms with Crippen LogP contribution in [0.15, 0.2) is 53.9 Å². The first-order valence-electron chi connectivity index (χ1n) is 12.7. The van der Waals surface area contributed by atoms with E-state index in [4.69, 9.17) is 5.73 Å². The minimum Gasteiger partial charge on any atom is -0.390 e. The molecule has 0 unspecified atom stereocenters. The van der Waals surface area contributed by atoms with Crippen molar-refractivity contribution in [2.75, 3.05) is 11.4 Å². The Bertz CT molecular complexity index is 1290. The van der Waals surface area contributed by atoms with E-state index < -0.39 is 35.6 Å². The number of primary amides is 1. The molecule has 2 aromatic carbocycles. The number of hydrogen-bond acceptors (Lipinski definition) is 6. The highest BCUT2D eigenvalue weighted by Gasteiger charge is 2.34. The Balaban J connectivity index is 1.96.